The van der Waals surface area contributed by atoms with Crippen molar-refractivity contribution < 1.29 is 18.4 Å². The van der Waals surface area contributed by atoms with E-state index in [4.69, 9.17) is 0 Å². The number of non-ortho nitro benzene ring substituents is 1. The van der Waals surface area contributed by atoms with Crippen molar-refractivity contribution in [1.29, 1.82) is 0 Å². The van der Waals surface area contributed by atoms with Crippen molar-refractivity contribution in [2.75, 3.05) is 37.7 Å². The molecule has 1 heterocycles. The molecule has 0 aromatic heterocycles. The molecule has 1 aliphatic heterocycles. The number of nitro groups is 1. The van der Waals surface area contributed by atoms with E-state index in [2.05, 4.69) is 0 Å². The van der Waals surface area contributed by atoms with Gasteiger partial charge in [-0.2, -0.15) is 4.31 Å². The molecule has 1 atom stereocenters. The van der Waals surface area contributed by atoms with Crippen LogP contribution in [0.2, 0.25) is 0 Å². The molecule has 0 bridgehead atoms. The number of anilines is 1. The lowest BCUT2D eigenvalue weighted by Crippen LogP contribution is -2.38. The van der Waals surface area contributed by atoms with Crippen LogP contribution in [0.3, 0.4) is 0 Å². The highest BCUT2D eigenvalue weighted by Gasteiger charge is 2.31. The number of nitro benzene ring substituents is 1. The molecule has 1 N–H and O–H groups in total. The molecular weight excluding hydrogens is 346 g/mol. The Balaban J connectivity index is 2.55. The highest BCUT2D eigenvalue weighted by atomic mass is 32.2. The van der Waals surface area contributed by atoms with Crippen molar-refractivity contribution in [2.24, 2.45) is 5.92 Å². The van der Waals surface area contributed by atoms with Crippen LogP contribution < -0.4 is 4.90 Å². The van der Waals surface area contributed by atoms with Gasteiger partial charge >= 0.3 is 0 Å². The molecule has 1 aromatic rings. The largest absolute Gasteiger partial charge is 0.396 e. The van der Waals surface area contributed by atoms with E-state index in [-0.39, 0.29) is 23.1 Å². The molecule has 8 nitrogen and oxygen atoms in total. The lowest BCUT2D eigenvalue weighted by atomic mass is 9.98. The Hall–Kier alpha value is -1.71. The number of piperidine rings is 1. The van der Waals surface area contributed by atoms with Crippen molar-refractivity contribution in [1.82, 2.24) is 4.31 Å². The average Bonchev–Trinajstić information content (AvgIpc) is 2.62. The number of nitrogens with zero attached hydrogens (tertiary/aromatic N) is 3. The fourth-order valence-electron chi connectivity index (χ4n) is 3.22. The van der Waals surface area contributed by atoms with Crippen LogP contribution in [0.15, 0.2) is 23.1 Å². The summed E-state index contributed by atoms with van der Waals surface area (Å²) in [7, 11) is -3.84. The van der Waals surface area contributed by atoms with Crippen molar-refractivity contribution >= 4 is 21.4 Å². The maximum absolute atomic E-state index is 13.0. The zero-order chi connectivity index (χ0) is 18.6. The lowest BCUT2D eigenvalue weighted by molar-refractivity contribution is -0.385. The van der Waals surface area contributed by atoms with Crippen LogP contribution in [0.5, 0.6) is 0 Å². The van der Waals surface area contributed by atoms with E-state index in [9.17, 15) is 23.6 Å². The Morgan fingerprint density at radius 1 is 1.36 bits per heavy atom. The summed E-state index contributed by atoms with van der Waals surface area (Å²) < 4.78 is 27.3. The van der Waals surface area contributed by atoms with E-state index in [1.807, 2.05) is 4.90 Å². The van der Waals surface area contributed by atoms with Gasteiger partial charge in [0.15, 0.2) is 0 Å². The molecular formula is C16H25N3O5S. The first kappa shape index (κ1) is 19.6. The van der Waals surface area contributed by atoms with Gasteiger partial charge in [-0.3, -0.25) is 10.1 Å². The number of hydrogen-bond donors (Lipinski definition) is 1. The minimum absolute atomic E-state index is 0.0380. The molecule has 0 radical (unpaired) electrons. The molecule has 9 heteroatoms. The van der Waals surface area contributed by atoms with Crippen molar-refractivity contribution in [3.05, 3.63) is 28.3 Å². The molecule has 1 unspecified atom stereocenters. The van der Waals surface area contributed by atoms with E-state index >= 15 is 0 Å². The first-order valence-electron chi connectivity index (χ1n) is 8.49. The van der Waals surface area contributed by atoms with Crippen LogP contribution >= 0.6 is 0 Å². The van der Waals surface area contributed by atoms with Gasteiger partial charge in [-0.15, -0.1) is 0 Å². The fourth-order valence-corrected chi connectivity index (χ4v) is 4.91. The van der Waals surface area contributed by atoms with Crippen LogP contribution in [0.25, 0.3) is 0 Å². The molecule has 25 heavy (non-hydrogen) atoms. The second-order valence-corrected chi connectivity index (χ2v) is 8.04. The van der Waals surface area contributed by atoms with Crippen LogP contribution in [0.1, 0.15) is 26.7 Å². The second-order valence-electron chi connectivity index (χ2n) is 6.14. The molecule has 0 aliphatic carbocycles. The summed E-state index contributed by atoms with van der Waals surface area (Å²) in [5, 5.41) is 20.5. The summed E-state index contributed by atoms with van der Waals surface area (Å²) in [5.74, 6) is 0.0768. The average molecular weight is 371 g/mol. The zero-order valence-corrected chi connectivity index (χ0v) is 15.4. The Labute approximate surface area is 148 Å². The van der Waals surface area contributed by atoms with Gasteiger partial charge in [-0.25, -0.2) is 8.42 Å². The normalized spacial score (nSPS) is 18.6. The molecule has 1 aliphatic rings. The predicted octanol–water partition coefficient (Wildman–Crippen LogP) is 1.83. The number of aliphatic hydroxyl groups is 1. The van der Waals surface area contributed by atoms with Gasteiger partial charge in [0.05, 0.1) is 10.6 Å². The number of hydrogen-bond acceptors (Lipinski definition) is 6. The highest BCUT2D eigenvalue weighted by molar-refractivity contribution is 7.89. The number of benzene rings is 1. The lowest BCUT2D eigenvalue weighted by Gasteiger charge is -2.35. The number of aliphatic hydroxyl groups excluding tert-OH is 1. The van der Waals surface area contributed by atoms with E-state index in [0.29, 0.717) is 31.9 Å². The fraction of sp³-hybridized carbons (Fsp3) is 0.625. The van der Waals surface area contributed by atoms with Gasteiger partial charge in [0.2, 0.25) is 10.0 Å². The first-order chi connectivity index (χ1) is 11.8. The van der Waals surface area contributed by atoms with Gasteiger partial charge in [0, 0.05) is 44.9 Å². The predicted molar refractivity (Wildman–Crippen MR) is 95.2 cm³/mol. The molecule has 0 spiro atoms. The van der Waals surface area contributed by atoms with Crippen LogP contribution in [0.4, 0.5) is 11.4 Å². The Morgan fingerprint density at radius 3 is 2.60 bits per heavy atom. The number of sulfonamides is 1. The van der Waals surface area contributed by atoms with Crippen molar-refractivity contribution in [3.8, 4) is 0 Å². The third kappa shape index (κ3) is 4.10. The monoisotopic (exact) mass is 371 g/mol. The van der Waals surface area contributed by atoms with E-state index < -0.39 is 14.9 Å². The Morgan fingerprint density at radius 2 is 2.04 bits per heavy atom. The molecule has 1 fully saturated rings. The molecule has 140 valence electrons. The van der Waals surface area contributed by atoms with E-state index in [1.165, 1.54) is 16.4 Å². The van der Waals surface area contributed by atoms with Gasteiger partial charge in [-0.1, -0.05) is 13.8 Å². The topological polar surface area (TPSA) is 104 Å². The Bertz CT molecular complexity index is 718. The molecule has 1 saturated heterocycles. The zero-order valence-electron chi connectivity index (χ0n) is 14.6. The summed E-state index contributed by atoms with van der Waals surface area (Å²) in [5.41, 5.74) is 0.223. The summed E-state index contributed by atoms with van der Waals surface area (Å²) in [4.78, 5) is 12.4. The van der Waals surface area contributed by atoms with Crippen LogP contribution in [-0.2, 0) is 10.0 Å². The van der Waals surface area contributed by atoms with Gasteiger partial charge in [-0.05, 0) is 24.8 Å². The number of rotatable bonds is 7. The maximum Gasteiger partial charge on any atom is 0.270 e. The SMILES string of the molecule is CCN(CC)S(=O)(=O)c1cc([N+](=O)[O-])ccc1N1CCCC(CO)C1. The maximum atomic E-state index is 13.0. The van der Waals surface area contributed by atoms with Crippen molar-refractivity contribution in [2.45, 2.75) is 31.6 Å². The first-order valence-corrected chi connectivity index (χ1v) is 9.93. The minimum Gasteiger partial charge on any atom is -0.396 e. The minimum atomic E-state index is -3.84. The van der Waals surface area contributed by atoms with Crippen LogP contribution in [-0.4, -0.2) is 55.5 Å². The third-order valence-electron chi connectivity index (χ3n) is 4.60. The second kappa shape index (κ2) is 8.11. The van der Waals surface area contributed by atoms with E-state index in [0.717, 1.165) is 18.9 Å². The third-order valence-corrected chi connectivity index (χ3v) is 6.67. The van der Waals surface area contributed by atoms with Crippen LogP contribution in [0, 0.1) is 16.0 Å². The molecule has 1 aromatic carbocycles. The van der Waals surface area contributed by atoms with Crippen molar-refractivity contribution in [3.63, 3.8) is 0 Å². The summed E-state index contributed by atoms with van der Waals surface area (Å²) in [6, 6.07) is 3.99. The van der Waals surface area contributed by atoms with Gasteiger partial charge in [0.1, 0.15) is 4.90 Å². The summed E-state index contributed by atoms with van der Waals surface area (Å²) in [6.45, 7) is 5.30. The summed E-state index contributed by atoms with van der Waals surface area (Å²) >= 11 is 0. The highest BCUT2D eigenvalue weighted by Crippen LogP contribution is 2.34. The van der Waals surface area contributed by atoms with Gasteiger partial charge < -0.3 is 10.0 Å². The molecule has 0 amide bonds. The molecule has 0 saturated carbocycles. The standard InChI is InChI=1S/C16H25N3O5S/c1-3-18(4-2)25(23,24)16-10-14(19(21)22)7-8-15(16)17-9-5-6-13(11-17)12-20/h7-8,10,13,20H,3-6,9,11-12H2,1-2H3. The smallest absolute Gasteiger partial charge is 0.270 e. The van der Waals surface area contributed by atoms with Gasteiger partial charge in [0.25, 0.3) is 5.69 Å². The molecule has 2 rings (SSSR count). The Kier molecular flexibility index (Phi) is 6.36. The van der Waals surface area contributed by atoms with E-state index in [1.54, 1.807) is 13.8 Å². The summed E-state index contributed by atoms with van der Waals surface area (Å²) in [6.07, 6.45) is 1.73. The quantitative estimate of drug-likeness (QED) is 0.579.